The molecular formula is C21H31IN2O4. The lowest BCUT2D eigenvalue weighted by atomic mass is 9.91. The van der Waals surface area contributed by atoms with E-state index in [-0.39, 0.29) is 17.5 Å². The van der Waals surface area contributed by atoms with Crippen LogP contribution >= 0.6 is 22.6 Å². The Labute approximate surface area is 181 Å². The van der Waals surface area contributed by atoms with Crippen molar-refractivity contribution >= 4 is 34.6 Å². The number of hydrogen-bond acceptors (Lipinski definition) is 4. The number of likely N-dealkylation sites (N-methyl/N-ethyl adjacent to an activating group) is 1. The minimum atomic E-state index is -0.636. The average molecular weight is 502 g/mol. The number of nitrogens with zero attached hydrogens (tertiary/aromatic N) is 2. The van der Waals surface area contributed by atoms with Crippen LogP contribution in [0.1, 0.15) is 47.1 Å². The van der Waals surface area contributed by atoms with E-state index in [0.29, 0.717) is 6.42 Å². The molecule has 1 aliphatic rings. The zero-order chi connectivity index (χ0) is 21.4. The van der Waals surface area contributed by atoms with Crippen LogP contribution in [-0.2, 0) is 16.0 Å². The third-order valence-corrected chi connectivity index (χ3v) is 5.66. The van der Waals surface area contributed by atoms with Gasteiger partial charge in [0.15, 0.2) is 0 Å². The second-order valence-corrected chi connectivity index (χ2v) is 10.4. The molecule has 1 heterocycles. The van der Waals surface area contributed by atoms with Gasteiger partial charge in [0.2, 0.25) is 5.91 Å². The third kappa shape index (κ3) is 4.90. The summed E-state index contributed by atoms with van der Waals surface area (Å²) < 4.78 is 11.9. The normalized spacial score (nSPS) is 20.5. The topological polar surface area (TPSA) is 59.1 Å². The highest BCUT2D eigenvalue weighted by atomic mass is 127. The molecule has 156 valence electrons. The Morgan fingerprint density at radius 2 is 1.79 bits per heavy atom. The summed E-state index contributed by atoms with van der Waals surface area (Å²) in [5.74, 6) is 0.692. The van der Waals surface area contributed by atoms with Crippen molar-refractivity contribution in [2.75, 3.05) is 14.2 Å². The van der Waals surface area contributed by atoms with Crippen molar-refractivity contribution in [3.05, 3.63) is 27.3 Å². The minimum Gasteiger partial charge on any atom is -0.497 e. The van der Waals surface area contributed by atoms with E-state index in [0.717, 1.165) is 14.9 Å². The van der Waals surface area contributed by atoms with Crippen molar-refractivity contribution in [2.45, 2.75) is 65.8 Å². The van der Waals surface area contributed by atoms with Gasteiger partial charge in [-0.05, 0) is 61.1 Å². The van der Waals surface area contributed by atoms with Crippen LogP contribution in [-0.4, -0.2) is 53.8 Å². The molecule has 1 aliphatic heterocycles. The molecule has 1 aromatic rings. The fourth-order valence-electron chi connectivity index (χ4n) is 3.59. The summed E-state index contributed by atoms with van der Waals surface area (Å²) in [7, 11) is 3.38. The summed E-state index contributed by atoms with van der Waals surface area (Å²) in [6.07, 6.45) is -0.411. The molecule has 0 bridgehead atoms. The van der Waals surface area contributed by atoms with Gasteiger partial charge in [-0.1, -0.05) is 26.8 Å². The highest BCUT2D eigenvalue weighted by Crippen LogP contribution is 2.36. The van der Waals surface area contributed by atoms with Gasteiger partial charge in [-0.2, -0.15) is 0 Å². The van der Waals surface area contributed by atoms with Gasteiger partial charge in [0, 0.05) is 22.5 Å². The van der Waals surface area contributed by atoms with E-state index < -0.39 is 17.7 Å². The second kappa shape index (κ2) is 8.08. The Bertz CT molecular complexity index is 752. The average Bonchev–Trinajstić information content (AvgIpc) is 2.79. The van der Waals surface area contributed by atoms with Crippen LogP contribution in [0.2, 0.25) is 0 Å². The molecule has 0 spiro atoms. The number of amides is 2. The molecule has 0 unspecified atom stereocenters. The highest BCUT2D eigenvalue weighted by Gasteiger charge is 2.52. The summed E-state index contributed by atoms with van der Waals surface area (Å²) >= 11 is 2.24. The first-order valence-electron chi connectivity index (χ1n) is 9.36. The second-order valence-electron chi connectivity index (χ2n) is 9.25. The van der Waals surface area contributed by atoms with E-state index in [1.807, 2.05) is 59.7 Å². The van der Waals surface area contributed by atoms with Crippen LogP contribution in [0.4, 0.5) is 4.79 Å². The predicted molar refractivity (Wildman–Crippen MR) is 117 cm³/mol. The summed E-state index contributed by atoms with van der Waals surface area (Å²) in [4.78, 5) is 29.5. The van der Waals surface area contributed by atoms with Gasteiger partial charge in [0.05, 0.1) is 7.11 Å². The van der Waals surface area contributed by atoms with E-state index in [1.165, 1.54) is 0 Å². The van der Waals surface area contributed by atoms with Gasteiger partial charge in [0.1, 0.15) is 23.6 Å². The summed E-state index contributed by atoms with van der Waals surface area (Å²) in [6, 6.07) is 5.15. The molecule has 0 N–H and O–H groups in total. The van der Waals surface area contributed by atoms with Crippen LogP contribution in [0.5, 0.6) is 5.75 Å². The molecule has 1 fully saturated rings. The van der Waals surface area contributed by atoms with Crippen LogP contribution in [0.15, 0.2) is 18.2 Å². The van der Waals surface area contributed by atoms with Crippen molar-refractivity contribution in [2.24, 2.45) is 5.41 Å². The molecule has 7 heteroatoms. The van der Waals surface area contributed by atoms with Crippen molar-refractivity contribution < 1.29 is 19.1 Å². The Morgan fingerprint density at radius 3 is 2.25 bits per heavy atom. The lowest BCUT2D eigenvalue weighted by Gasteiger charge is -2.39. The van der Waals surface area contributed by atoms with E-state index in [9.17, 15) is 9.59 Å². The van der Waals surface area contributed by atoms with Crippen LogP contribution < -0.4 is 4.74 Å². The van der Waals surface area contributed by atoms with Crippen molar-refractivity contribution in [3.63, 3.8) is 0 Å². The molecule has 0 radical (unpaired) electrons. The number of rotatable bonds is 3. The molecular weight excluding hydrogens is 471 g/mol. The fraction of sp³-hybridized carbons (Fsp3) is 0.619. The van der Waals surface area contributed by atoms with Crippen molar-refractivity contribution in [1.82, 2.24) is 9.80 Å². The summed E-state index contributed by atoms with van der Waals surface area (Å²) in [6.45, 7) is 11.6. The maximum Gasteiger partial charge on any atom is 0.412 e. The fourth-order valence-corrected chi connectivity index (χ4v) is 4.29. The Kier molecular flexibility index (Phi) is 6.57. The number of benzene rings is 1. The van der Waals surface area contributed by atoms with Gasteiger partial charge in [-0.3, -0.25) is 9.69 Å². The molecule has 1 aromatic carbocycles. The molecule has 2 rings (SSSR count). The van der Waals surface area contributed by atoms with Gasteiger partial charge < -0.3 is 14.4 Å². The molecule has 1 saturated heterocycles. The third-order valence-electron chi connectivity index (χ3n) is 4.65. The van der Waals surface area contributed by atoms with E-state index >= 15 is 0 Å². The molecule has 2 amide bonds. The molecule has 0 aromatic heterocycles. The van der Waals surface area contributed by atoms with E-state index in [1.54, 1.807) is 24.0 Å². The first-order valence-corrected chi connectivity index (χ1v) is 10.4. The Balaban J connectivity index is 2.43. The standard InChI is InChI=1S/C21H31IN2O4/c1-20(2,3)18-23(7)17(25)16(24(18)19(26)28-21(4,5)6)11-13-9-10-14(27-8)12-15(13)22/h9-10,12,16,18H,11H2,1-8H3/t16-,18-/m1/s1. The summed E-state index contributed by atoms with van der Waals surface area (Å²) in [5.41, 5.74) is 0.0441. The molecule has 0 saturated carbocycles. The van der Waals surface area contributed by atoms with Crippen LogP contribution in [0.3, 0.4) is 0 Å². The number of hydrogen-bond donors (Lipinski definition) is 0. The quantitative estimate of drug-likeness (QED) is 0.579. The number of carbonyl (C=O) groups is 2. The monoisotopic (exact) mass is 502 g/mol. The zero-order valence-corrected chi connectivity index (χ0v) is 20.2. The Morgan fingerprint density at radius 1 is 1.18 bits per heavy atom. The van der Waals surface area contributed by atoms with Gasteiger partial charge in [-0.15, -0.1) is 0 Å². The van der Waals surface area contributed by atoms with Gasteiger partial charge in [-0.25, -0.2) is 4.79 Å². The number of methoxy groups -OCH3 is 1. The molecule has 0 aliphatic carbocycles. The zero-order valence-electron chi connectivity index (χ0n) is 18.0. The first kappa shape index (κ1) is 22.8. The molecule has 2 atom stereocenters. The van der Waals surface area contributed by atoms with Crippen molar-refractivity contribution in [3.8, 4) is 5.75 Å². The Hall–Kier alpha value is -1.51. The van der Waals surface area contributed by atoms with E-state index in [2.05, 4.69) is 22.6 Å². The molecule has 28 heavy (non-hydrogen) atoms. The number of carbonyl (C=O) groups excluding carboxylic acids is 2. The highest BCUT2D eigenvalue weighted by molar-refractivity contribution is 14.1. The first-order chi connectivity index (χ1) is 12.8. The van der Waals surface area contributed by atoms with Crippen LogP contribution in [0.25, 0.3) is 0 Å². The van der Waals surface area contributed by atoms with Gasteiger partial charge >= 0.3 is 6.09 Å². The van der Waals surface area contributed by atoms with Crippen LogP contribution in [0, 0.1) is 8.99 Å². The number of halogens is 1. The summed E-state index contributed by atoms with van der Waals surface area (Å²) in [5, 5.41) is 0. The smallest absolute Gasteiger partial charge is 0.412 e. The number of ether oxygens (including phenoxy) is 2. The van der Waals surface area contributed by atoms with Crippen molar-refractivity contribution in [1.29, 1.82) is 0 Å². The lowest BCUT2D eigenvalue weighted by molar-refractivity contribution is -0.129. The minimum absolute atomic E-state index is 0.0718. The van der Waals surface area contributed by atoms with E-state index in [4.69, 9.17) is 9.47 Å². The predicted octanol–water partition coefficient (Wildman–Crippen LogP) is 4.29. The lowest BCUT2D eigenvalue weighted by Crippen LogP contribution is -2.52. The largest absolute Gasteiger partial charge is 0.497 e. The maximum atomic E-state index is 13.1. The van der Waals surface area contributed by atoms with Gasteiger partial charge in [0.25, 0.3) is 0 Å². The maximum absolute atomic E-state index is 13.1. The SMILES string of the molecule is COc1ccc(C[C@@H]2C(=O)N(C)[C@@H](C(C)(C)C)N2C(=O)OC(C)(C)C)c(I)c1. The molecule has 6 nitrogen and oxygen atoms in total.